The van der Waals surface area contributed by atoms with Crippen LogP contribution < -0.4 is 10.0 Å². The Morgan fingerprint density at radius 2 is 1.93 bits per heavy atom. The van der Waals surface area contributed by atoms with Gasteiger partial charge in [-0.05, 0) is 42.8 Å². The van der Waals surface area contributed by atoms with Gasteiger partial charge in [0, 0.05) is 24.6 Å². The summed E-state index contributed by atoms with van der Waals surface area (Å²) in [6.45, 7) is 0.393. The minimum atomic E-state index is -3.84. The summed E-state index contributed by atoms with van der Waals surface area (Å²) in [4.78, 5) is 12.1. The lowest BCUT2D eigenvalue weighted by Gasteiger charge is -2.12. The molecule has 0 radical (unpaired) electrons. The van der Waals surface area contributed by atoms with Crippen molar-refractivity contribution in [1.82, 2.24) is 10.0 Å². The van der Waals surface area contributed by atoms with E-state index in [0.717, 1.165) is 5.76 Å². The highest BCUT2D eigenvalue weighted by Gasteiger charge is 2.31. The first-order chi connectivity index (χ1) is 12.8. The Balaban J connectivity index is 1.57. The van der Waals surface area contributed by atoms with Crippen LogP contribution in [-0.2, 0) is 26.3 Å². The maximum Gasteiger partial charge on any atom is 0.251 e. The van der Waals surface area contributed by atoms with Gasteiger partial charge >= 0.3 is 0 Å². The monoisotopic (exact) mass is 412 g/mol. The van der Waals surface area contributed by atoms with Gasteiger partial charge in [-0.1, -0.05) is 0 Å². The first kappa shape index (κ1) is 19.6. The highest BCUT2D eigenvalue weighted by Crippen LogP contribution is 2.16. The van der Waals surface area contributed by atoms with E-state index in [-0.39, 0.29) is 28.7 Å². The summed E-state index contributed by atoms with van der Waals surface area (Å²) in [6.07, 6.45) is 2.38. The van der Waals surface area contributed by atoms with Crippen LogP contribution in [-0.4, -0.2) is 46.8 Å². The second-order valence-electron chi connectivity index (χ2n) is 6.33. The number of nitrogens with one attached hydrogen (secondary N) is 2. The third kappa shape index (κ3) is 5.18. The van der Waals surface area contributed by atoms with E-state index in [1.54, 1.807) is 12.3 Å². The van der Waals surface area contributed by atoms with Crippen LogP contribution in [0.4, 0.5) is 0 Å². The predicted molar refractivity (Wildman–Crippen MR) is 98.6 cm³/mol. The highest BCUT2D eigenvalue weighted by atomic mass is 32.2. The molecule has 1 aromatic carbocycles. The molecule has 146 valence electrons. The third-order valence-electron chi connectivity index (χ3n) is 4.22. The van der Waals surface area contributed by atoms with Crippen LogP contribution >= 0.6 is 0 Å². The molecule has 0 saturated carbocycles. The van der Waals surface area contributed by atoms with Crippen LogP contribution in [0.25, 0.3) is 0 Å². The van der Waals surface area contributed by atoms with Crippen molar-refractivity contribution in [3.05, 3.63) is 54.0 Å². The van der Waals surface area contributed by atoms with Crippen LogP contribution in [0.15, 0.2) is 52.0 Å². The molecule has 0 spiro atoms. The summed E-state index contributed by atoms with van der Waals surface area (Å²) in [5, 5.41) is 2.73. The van der Waals surface area contributed by atoms with Crippen molar-refractivity contribution in [1.29, 1.82) is 0 Å². The zero-order chi connectivity index (χ0) is 19.5. The molecule has 1 saturated heterocycles. The fraction of sp³-hybridized carbons (Fsp3) is 0.353. The lowest BCUT2D eigenvalue weighted by molar-refractivity contribution is 0.0953. The number of amides is 1. The molecule has 1 aliphatic rings. The summed E-state index contributed by atoms with van der Waals surface area (Å²) in [7, 11) is -7.02. The summed E-state index contributed by atoms with van der Waals surface area (Å²) in [5.41, 5.74) is 0.330. The van der Waals surface area contributed by atoms with Crippen molar-refractivity contribution in [3.8, 4) is 0 Å². The van der Waals surface area contributed by atoms with Crippen molar-refractivity contribution in [3.63, 3.8) is 0 Å². The Bertz CT molecular complexity index is 996. The van der Waals surface area contributed by atoms with Crippen LogP contribution in [0, 0.1) is 0 Å². The van der Waals surface area contributed by atoms with Gasteiger partial charge in [-0.3, -0.25) is 4.79 Å². The maximum absolute atomic E-state index is 12.4. The number of hydrogen-bond acceptors (Lipinski definition) is 6. The zero-order valence-electron chi connectivity index (χ0n) is 14.4. The van der Waals surface area contributed by atoms with E-state index in [0.29, 0.717) is 18.5 Å². The minimum Gasteiger partial charge on any atom is -0.469 e. The normalized spacial score (nSPS) is 19.0. The van der Waals surface area contributed by atoms with E-state index in [2.05, 4.69) is 10.0 Å². The van der Waals surface area contributed by atoms with Gasteiger partial charge in [0.25, 0.3) is 5.91 Å². The molecule has 1 amide bonds. The number of carbonyl (C=O) groups is 1. The Morgan fingerprint density at radius 3 is 2.52 bits per heavy atom. The highest BCUT2D eigenvalue weighted by molar-refractivity contribution is 7.92. The lowest BCUT2D eigenvalue weighted by atomic mass is 10.2. The molecular weight excluding hydrogens is 392 g/mol. The average Bonchev–Trinajstić information content (AvgIpc) is 3.24. The predicted octanol–water partition coefficient (Wildman–Crippen LogP) is 0.718. The summed E-state index contributed by atoms with van der Waals surface area (Å²) in [6, 6.07) is 8.45. The van der Waals surface area contributed by atoms with Gasteiger partial charge in [0.1, 0.15) is 5.76 Å². The summed E-state index contributed by atoms with van der Waals surface area (Å²) >= 11 is 0. The molecule has 1 unspecified atom stereocenters. The van der Waals surface area contributed by atoms with Crippen molar-refractivity contribution in [2.75, 3.05) is 18.1 Å². The van der Waals surface area contributed by atoms with Crippen molar-refractivity contribution < 1.29 is 26.0 Å². The first-order valence-electron chi connectivity index (χ1n) is 8.39. The topological polar surface area (TPSA) is 123 Å². The number of furan rings is 1. The zero-order valence-corrected chi connectivity index (χ0v) is 16.1. The molecule has 2 heterocycles. The Kier molecular flexibility index (Phi) is 5.68. The van der Waals surface area contributed by atoms with Gasteiger partial charge in [-0.2, -0.15) is 0 Å². The van der Waals surface area contributed by atoms with E-state index < -0.39 is 25.9 Å². The van der Waals surface area contributed by atoms with Gasteiger partial charge in [-0.15, -0.1) is 0 Å². The Morgan fingerprint density at radius 1 is 1.19 bits per heavy atom. The van der Waals surface area contributed by atoms with E-state index >= 15 is 0 Å². The molecule has 0 bridgehead atoms. The largest absolute Gasteiger partial charge is 0.469 e. The van der Waals surface area contributed by atoms with Crippen molar-refractivity contribution in [2.24, 2.45) is 0 Å². The van der Waals surface area contributed by atoms with Crippen molar-refractivity contribution >= 4 is 25.8 Å². The van der Waals surface area contributed by atoms with E-state index in [9.17, 15) is 21.6 Å². The number of sulfonamides is 1. The number of carbonyl (C=O) groups excluding carboxylic acids is 1. The Labute approximate surface area is 157 Å². The standard InChI is InChI=1S/C17H20N2O6S2/c20-17(18-9-7-15-2-1-10-25-15)13-3-5-16(6-4-13)27(23,24)19-14-8-11-26(21,22)12-14/h1-6,10,14,19H,7-9,11-12H2,(H,18,20). The molecule has 10 heteroatoms. The van der Waals surface area contributed by atoms with Crippen LogP contribution in [0.2, 0.25) is 0 Å². The molecule has 2 aromatic rings. The lowest BCUT2D eigenvalue weighted by Crippen LogP contribution is -2.35. The number of rotatable bonds is 7. The fourth-order valence-electron chi connectivity index (χ4n) is 2.82. The average molecular weight is 412 g/mol. The summed E-state index contributed by atoms with van der Waals surface area (Å²) < 4.78 is 55.2. The van der Waals surface area contributed by atoms with Crippen LogP contribution in [0.3, 0.4) is 0 Å². The molecule has 1 atom stereocenters. The molecule has 2 N–H and O–H groups in total. The molecular formula is C17H20N2O6S2. The van der Waals surface area contributed by atoms with Gasteiger partial charge in [0.15, 0.2) is 9.84 Å². The minimum absolute atomic E-state index is 0.0149. The van der Waals surface area contributed by atoms with Gasteiger partial charge in [0.05, 0.1) is 22.7 Å². The van der Waals surface area contributed by atoms with Crippen LogP contribution in [0.1, 0.15) is 22.5 Å². The Hall–Kier alpha value is -2.17. The molecule has 1 aliphatic heterocycles. The van der Waals surface area contributed by atoms with Crippen molar-refractivity contribution in [2.45, 2.75) is 23.8 Å². The number of hydrogen-bond donors (Lipinski definition) is 2. The molecule has 1 aromatic heterocycles. The van der Waals surface area contributed by atoms with E-state index in [4.69, 9.17) is 4.42 Å². The second kappa shape index (κ2) is 7.83. The van der Waals surface area contributed by atoms with Gasteiger partial charge < -0.3 is 9.73 Å². The van der Waals surface area contributed by atoms with E-state index in [1.165, 1.54) is 24.3 Å². The molecule has 0 aliphatic carbocycles. The molecule has 1 fully saturated rings. The molecule has 8 nitrogen and oxygen atoms in total. The van der Waals surface area contributed by atoms with Gasteiger partial charge in [-0.25, -0.2) is 21.6 Å². The van der Waals surface area contributed by atoms with Crippen LogP contribution in [0.5, 0.6) is 0 Å². The van der Waals surface area contributed by atoms with Gasteiger partial charge in [0.2, 0.25) is 10.0 Å². The number of sulfone groups is 1. The third-order valence-corrected chi connectivity index (χ3v) is 7.52. The fourth-order valence-corrected chi connectivity index (χ4v) is 5.87. The quantitative estimate of drug-likeness (QED) is 0.691. The smallest absolute Gasteiger partial charge is 0.251 e. The molecule has 3 rings (SSSR count). The SMILES string of the molecule is O=C(NCCc1ccco1)c1ccc(S(=O)(=O)NC2CCS(=O)(=O)C2)cc1. The second-order valence-corrected chi connectivity index (χ2v) is 10.3. The first-order valence-corrected chi connectivity index (χ1v) is 11.7. The summed E-state index contributed by atoms with van der Waals surface area (Å²) in [5.74, 6) is 0.233. The van der Waals surface area contributed by atoms with E-state index in [1.807, 2.05) is 6.07 Å². The number of benzene rings is 1. The maximum atomic E-state index is 12.4. The molecule has 27 heavy (non-hydrogen) atoms.